The molecule has 5 aliphatic heterocycles. The number of hydrogen-bond acceptors (Lipinski definition) is 25. The second-order valence-corrected chi connectivity index (χ2v) is 44.7. The molecule has 5 aromatic carbocycles. The molecule has 0 aliphatic carbocycles. The topological polar surface area (TPSA) is 418 Å². The molecular weight excluding hydrogens is 1910 g/mol. The van der Waals surface area contributed by atoms with E-state index in [0.29, 0.717) is 69.2 Å². The molecule has 0 bridgehead atoms. The van der Waals surface area contributed by atoms with Crippen molar-refractivity contribution in [3.63, 3.8) is 0 Å². The Kier molecular flexibility index (Phi) is 27.0. The summed E-state index contributed by atoms with van der Waals surface area (Å²) in [5.41, 5.74) is 0.839. The summed E-state index contributed by atoms with van der Waals surface area (Å²) in [4.78, 5) is 129. The van der Waals surface area contributed by atoms with Crippen LogP contribution in [0.2, 0.25) is 10.0 Å². The van der Waals surface area contributed by atoms with Crippen LogP contribution in [0, 0.1) is 57.9 Å². The number of amides is 10. The molecule has 0 spiro atoms. The number of fused-ring (bicyclic) bond motifs is 5. The van der Waals surface area contributed by atoms with Crippen LogP contribution < -0.4 is 26.6 Å². The average Bonchev–Trinajstić information content (AvgIpc) is 1.58. The molecule has 122 heavy (non-hydrogen) atoms. The van der Waals surface area contributed by atoms with E-state index in [4.69, 9.17) is 23.2 Å². The number of nitrogens with zero attached hydrogens (tertiary/aromatic N) is 5. The lowest BCUT2D eigenvalue weighted by Crippen LogP contribution is -2.45. The SMILES string of the molecule is Cc1cc2c(s1)C(C(=O)Nc1ccc(Br)cc1)C(=O)N(C)S2(=O)=O.Cc1cc2c(s1)C(C(=O)Nc1ccc(Cl)c(Cl)c1)C(=O)N(C)S2(=O)=O.Cc1cc2c(s1)C(C(=O)Nc1ccc(F)cc1)C(=O)N(C)S2(=O)=O.Cc1cc2c(s1)C(C(=O)Nc1ccc(F)cc1F)C(=O)N(C)S2(=O)=O.Cc1cc2c(s1)C(C(=O)Nc1ccccc1F)C(=O)N(C)S2(=O)=O. The molecule has 15 rings (SSSR count). The van der Waals surface area contributed by atoms with Gasteiger partial charge in [0.05, 0.1) is 21.4 Å². The van der Waals surface area contributed by atoms with E-state index >= 15 is 0 Å². The molecule has 5 unspecified atom stereocenters. The van der Waals surface area contributed by atoms with E-state index in [1.807, 2.05) is 0 Å². The predicted octanol–water partition coefficient (Wildman–Crippen LogP) is 12.3. The summed E-state index contributed by atoms with van der Waals surface area (Å²) in [6.45, 7) is 8.51. The van der Waals surface area contributed by atoms with Crippen LogP contribution in [-0.2, 0) is 98.1 Å². The zero-order valence-electron chi connectivity index (χ0n) is 64.3. The Morgan fingerprint density at radius 2 is 0.590 bits per heavy atom. The maximum absolute atomic E-state index is 13.7. The van der Waals surface area contributed by atoms with Crippen molar-refractivity contribution in [1.29, 1.82) is 0 Å². The third-order valence-electron chi connectivity index (χ3n) is 18.6. The molecule has 30 nitrogen and oxygen atoms in total. The number of hydrogen-bond donors (Lipinski definition) is 5. The minimum atomic E-state index is -4.01. The van der Waals surface area contributed by atoms with Gasteiger partial charge in [-0.3, -0.25) is 47.9 Å². The average molecular weight is 1970 g/mol. The van der Waals surface area contributed by atoms with E-state index in [1.165, 1.54) is 92.0 Å². The number of benzene rings is 5. The Morgan fingerprint density at radius 3 is 0.885 bits per heavy atom. The minimum absolute atomic E-state index is 0.00797. The van der Waals surface area contributed by atoms with E-state index in [2.05, 4.69) is 42.5 Å². The van der Waals surface area contributed by atoms with Gasteiger partial charge in [-0.2, -0.15) is 0 Å². The normalized spacial score (nSPS) is 18.9. The van der Waals surface area contributed by atoms with Crippen molar-refractivity contribution in [2.45, 2.75) is 88.7 Å². The zero-order chi connectivity index (χ0) is 90.0. The van der Waals surface area contributed by atoms with Gasteiger partial charge in [-0.05, 0) is 156 Å². The molecule has 47 heteroatoms. The van der Waals surface area contributed by atoms with Crippen molar-refractivity contribution >= 4 is 233 Å². The van der Waals surface area contributed by atoms with E-state index in [1.54, 1.807) is 71.0 Å². The van der Waals surface area contributed by atoms with E-state index in [-0.39, 0.29) is 65.3 Å². The first-order valence-electron chi connectivity index (χ1n) is 34.8. The van der Waals surface area contributed by atoms with Crippen LogP contribution in [-0.4, -0.2) is 158 Å². The number of para-hydroxylation sites is 1. The summed E-state index contributed by atoms with van der Waals surface area (Å²) in [6, 6.07) is 31.9. The van der Waals surface area contributed by atoms with Crippen LogP contribution in [0.15, 0.2) is 168 Å². The highest BCUT2D eigenvalue weighted by Gasteiger charge is 2.52. The molecule has 10 heterocycles. The fourth-order valence-corrected chi connectivity index (χ4v) is 27.2. The molecule has 5 aliphatic rings. The van der Waals surface area contributed by atoms with Crippen LogP contribution in [0.4, 0.5) is 46.0 Å². The molecule has 0 radical (unpaired) electrons. The molecule has 5 atom stereocenters. The monoisotopic (exact) mass is 1970 g/mol. The third kappa shape index (κ3) is 18.3. The number of anilines is 5. The van der Waals surface area contributed by atoms with Gasteiger partial charge in [0.15, 0.2) is 29.6 Å². The zero-order valence-corrected chi connectivity index (χ0v) is 75.6. The van der Waals surface area contributed by atoms with E-state index < -0.39 is 162 Å². The van der Waals surface area contributed by atoms with E-state index in [9.17, 15) is 108 Å². The summed E-state index contributed by atoms with van der Waals surface area (Å²) < 4.78 is 181. The van der Waals surface area contributed by atoms with Crippen LogP contribution >= 0.6 is 95.8 Å². The number of thiophene rings is 5. The summed E-state index contributed by atoms with van der Waals surface area (Å²) in [5.74, 6) is -17.0. The molecule has 642 valence electrons. The highest BCUT2D eigenvalue weighted by molar-refractivity contribution is 9.10. The predicted molar refractivity (Wildman–Crippen MR) is 452 cm³/mol. The summed E-state index contributed by atoms with van der Waals surface area (Å²) in [6.07, 6.45) is 0. The van der Waals surface area contributed by atoms with Gasteiger partial charge in [-0.1, -0.05) is 51.3 Å². The Bertz CT molecular complexity index is 6510. The number of nitrogens with one attached hydrogen (secondary N) is 5. The second-order valence-electron chi connectivity index (χ2n) is 26.8. The Hall–Kier alpha value is -10.2. The quantitative estimate of drug-likeness (QED) is 0.0627. The maximum Gasteiger partial charge on any atom is 0.267 e. The molecule has 5 aromatic heterocycles. The van der Waals surface area contributed by atoms with Crippen LogP contribution in [0.5, 0.6) is 0 Å². The molecule has 5 N–H and O–H groups in total. The molecule has 10 aromatic rings. The van der Waals surface area contributed by atoms with Crippen molar-refractivity contribution in [3.05, 3.63) is 226 Å². The first-order valence-corrected chi connectivity index (χ1v) is 47.6. The molecule has 0 fully saturated rings. The highest BCUT2D eigenvalue weighted by Crippen LogP contribution is 2.46. The van der Waals surface area contributed by atoms with Gasteiger partial charge in [0.25, 0.3) is 79.7 Å². The third-order valence-corrected chi connectivity index (χ3v) is 35.0. The number of aryl methyl sites for hydroxylation is 5. The number of rotatable bonds is 10. The summed E-state index contributed by atoms with van der Waals surface area (Å²) in [7, 11) is -14.1. The van der Waals surface area contributed by atoms with Gasteiger partial charge >= 0.3 is 0 Å². The van der Waals surface area contributed by atoms with E-state index in [0.717, 1.165) is 106 Å². The Labute approximate surface area is 732 Å². The van der Waals surface area contributed by atoms with Crippen molar-refractivity contribution in [2.24, 2.45) is 0 Å². The fraction of sp³-hybridized carbons (Fsp3) is 0.200. The number of halogens is 7. The first-order chi connectivity index (χ1) is 56.9. The first kappa shape index (κ1) is 92.5. The summed E-state index contributed by atoms with van der Waals surface area (Å²) >= 11 is 20.5. The standard InChI is InChI=1S/C15H13BrN2O4S2.C15H12Cl2N2O4S2.C15H12F2N2O4S2.2C15H13FN2O4S2/c1-8-7-11-13(23-8)12(15(20)18(2)24(11,21)22)14(19)17-10-5-3-9(16)4-6-10;1-7-5-11-13(24-7)12(15(21)19(2)25(11,22)23)14(20)18-8-3-4-9(16)10(17)6-8;1-7-5-11-13(24-7)12(15(21)19(2)25(11,22)23)14(20)18-10-4-3-8(16)6-9(10)17;1-8-7-11-13(23-8)12(15(20)18(2)24(11,21)22)14(19)17-10-5-3-9(16)4-6-10;1-8-7-11-13(23-8)12(15(20)18(2)24(11,21)22)14(19)17-10-6-4-3-5-9(10)16/h3-7,12H,1-2H3,(H,17,19);2*3-6,12H,1-2H3,(H,18,20);2*3-7,12H,1-2H3,(H,17,19). The number of sulfonamides is 5. The largest absolute Gasteiger partial charge is 0.325 e. The van der Waals surface area contributed by atoms with Crippen LogP contribution in [0.25, 0.3) is 0 Å². The Morgan fingerprint density at radius 1 is 0.328 bits per heavy atom. The van der Waals surface area contributed by atoms with Gasteiger partial charge in [0.1, 0.15) is 47.7 Å². The van der Waals surface area contributed by atoms with Gasteiger partial charge in [-0.15, -0.1) is 56.7 Å². The number of carbonyl (C=O) groups excluding carboxylic acids is 10. The van der Waals surface area contributed by atoms with Crippen molar-refractivity contribution in [2.75, 3.05) is 61.8 Å². The van der Waals surface area contributed by atoms with Crippen LogP contribution in [0.1, 0.15) is 78.4 Å². The number of carbonyl (C=O) groups is 10. The van der Waals surface area contributed by atoms with Crippen molar-refractivity contribution < 1.29 is 108 Å². The minimum Gasteiger partial charge on any atom is -0.325 e. The molecule has 10 amide bonds. The summed E-state index contributed by atoms with van der Waals surface area (Å²) in [5, 5.41) is 12.9. The van der Waals surface area contributed by atoms with Gasteiger partial charge < -0.3 is 26.6 Å². The van der Waals surface area contributed by atoms with Crippen LogP contribution in [0.3, 0.4) is 0 Å². The molecule has 0 saturated heterocycles. The van der Waals surface area contributed by atoms with Crippen molar-refractivity contribution in [1.82, 2.24) is 21.5 Å². The van der Waals surface area contributed by atoms with Gasteiger partial charge in [0.2, 0.25) is 29.5 Å². The highest BCUT2D eigenvalue weighted by atomic mass is 79.9. The lowest BCUT2D eigenvalue weighted by atomic mass is 10.1. The lowest BCUT2D eigenvalue weighted by molar-refractivity contribution is -0.134. The van der Waals surface area contributed by atoms with Gasteiger partial charge in [-0.25, -0.2) is 81.2 Å². The number of likely N-dealkylation sites (N-methyl/N-ethyl adjacent to an activating group) is 5. The fourth-order valence-electron chi connectivity index (χ4n) is 12.4. The lowest BCUT2D eigenvalue weighted by Gasteiger charge is -2.28. The Balaban J connectivity index is 0.000000149. The smallest absolute Gasteiger partial charge is 0.267 e. The molecule has 0 saturated carbocycles. The maximum atomic E-state index is 13.7. The van der Waals surface area contributed by atoms with Crippen molar-refractivity contribution in [3.8, 4) is 0 Å². The molecular formula is C75H63BrCl2F4N10O20S10. The van der Waals surface area contributed by atoms with Gasteiger partial charge in [0, 0.05) is 112 Å². The second kappa shape index (κ2) is 35.6.